The minimum atomic E-state index is -0.146. The van der Waals surface area contributed by atoms with Gasteiger partial charge >= 0.3 is 0 Å². The summed E-state index contributed by atoms with van der Waals surface area (Å²) in [6.07, 6.45) is 0.871. The standard InChI is InChI=1S/C14H15N3OS2/c1-3-11-9(2)19-14(16-11)17-13(18)12-7-6-10(20-12)5-4-8-15/h6-7H,3,8,15H2,1-2H3,(H,16,17,18). The molecule has 20 heavy (non-hydrogen) atoms. The zero-order chi connectivity index (χ0) is 14.5. The van der Waals surface area contributed by atoms with Crippen LogP contribution in [0.1, 0.15) is 32.0 Å². The van der Waals surface area contributed by atoms with E-state index in [0.717, 1.165) is 21.9 Å². The smallest absolute Gasteiger partial charge is 0.267 e. The Morgan fingerprint density at radius 1 is 1.45 bits per heavy atom. The first-order valence-electron chi connectivity index (χ1n) is 6.20. The lowest BCUT2D eigenvalue weighted by atomic mass is 10.3. The van der Waals surface area contributed by atoms with E-state index in [1.165, 1.54) is 22.7 Å². The van der Waals surface area contributed by atoms with Gasteiger partial charge in [0.15, 0.2) is 5.13 Å². The second kappa shape index (κ2) is 6.66. The molecule has 3 N–H and O–H groups in total. The van der Waals surface area contributed by atoms with Crippen molar-refractivity contribution >= 4 is 33.7 Å². The number of hydrogen-bond donors (Lipinski definition) is 2. The molecule has 6 heteroatoms. The molecule has 0 bridgehead atoms. The number of carbonyl (C=O) groups excluding carboxylic acids is 1. The molecule has 0 saturated heterocycles. The van der Waals surface area contributed by atoms with E-state index in [-0.39, 0.29) is 5.91 Å². The molecule has 104 valence electrons. The molecule has 0 saturated carbocycles. The van der Waals surface area contributed by atoms with Gasteiger partial charge in [0.05, 0.1) is 22.0 Å². The Balaban J connectivity index is 2.09. The van der Waals surface area contributed by atoms with E-state index in [1.54, 1.807) is 6.07 Å². The number of hydrogen-bond acceptors (Lipinski definition) is 5. The number of nitrogens with one attached hydrogen (secondary N) is 1. The monoisotopic (exact) mass is 305 g/mol. The third kappa shape index (κ3) is 3.45. The summed E-state index contributed by atoms with van der Waals surface area (Å²) in [6, 6.07) is 3.59. The van der Waals surface area contributed by atoms with Crippen molar-refractivity contribution in [3.05, 3.63) is 32.5 Å². The van der Waals surface area contributed by atoms with Crippen molar-refractivity contribution in [3.63, 3.8) is 0 Å². The van der Waals surface area contributed by atoms with Crippen molar-refractivity contribution in [2.24, 2.45) is 5.73 Å². The molecule has 0 atom stereocenters. The average Bonchev–Trinajstić information content (AvgIpc) is 3.03. The van der Waals surface area contributed by atoms with Crippen LogP contribution in [0.25, 0.3) is 0 Å². The number of carbonyl (C=O) groups is 1. The van der Waals surface area contributed by atoms with Crippen LogP contribution in [-0.2, 0) is 6.42 Å². The van der Waals surface area contributed by atoms with Crippen LogP contribution < -0.4 is 11.1 Å². The van der Waals surface area contributed by atoms with Crippen LogP contribution in [0, 0.1) is 18.8 Å². The summed E-state index contributed by atoms with van der Waals surface area (Å²) >= 11 is 2.85. The topological polar surface area (TPSA) is 68.0 Å². The maximum Gasteiger partial charge on any atom is 0.267 e. The van der Waals surface area contributed by atoms with Gasteiger partial charge in [0.2, 0.25) is 0 Å². The maximum absolute atomic E-state index is 12.1. The number of aryl methyl sites for hydroxylation is 2. The number of rotatable bonds is 3. The minimum Gasteiger partial charge on any atom is -0.320 e. The highest BCUT2D eigenvalue weighted by atomic mass is 32.1. The molecule has 4 nitrogen and oxygen atoms in total. The van der Waals surface area contributed by atoms with Crippen LogP contribution in [0.4, 0.5) is 5.13 Å². The third-order valence-corrected chi connectivity index (χ3v) is 4.52. The Morgan fingerprint density at radius 2 is 2.25 bits per heavy atom. The summed E-state index contributed by atoms with van der Waals surface area (Å²) in [5.41, 5.74) is 6.35. The van der Waals surface area contributed by atoms with Gasteiger partial charge in [-0.05, 0) is 25.5 Å². The van der Waals surface area contributed by atoms with Gasteiger partial charge in [-0.1, -0.05) is 18.8 Å². The van der Waals surface area contributed by atoms with E-state index < -0.39 is 0 Å². The van der Waals surface area contributed by atoms with Crippen molar-refractivity contribution in [2.45, 2.75) is 20.3 Å². The number of nitrogens with zero attached hydrogens (tertiary/aromatic N) is 1. The SMILES string of the molecule is CCc1nc(NC(=O)c2ccc(C#CCN)s2)sc1C. The molecule has 0 aliphatic carbocycles. The molecule has 0 radical (unpaired) electrons. The van der Waals surface area contributed by atoms with Crippen LogP contribution in [0.15, 0.2) is 12.1 Å². The average molecular weight is 305 g/mol. The van der Waals surface area contributed by atoms with Crippen LogP contribution >= 0.6 is 22.7 Å². The van der Waals surface area contributed by atoms with Crippen molar-refractivity contribution in [3.8, 4) is 11.8 Å². The van der Waals surface area contributed by atoms with Gasteiger partial charge in [-0.2, -0.15) is 0 Å². The number of amides is 1. The van der Waals surface area contributed by atoms with Crippen molar-refractivity contribution in [1.82, 2.24) is 4.98 Å². The molecular formula is C14H15N3OS2. The highest BCUT2D eigenvalue weighted by Gasteiger charge is 2.12. The fourth-order valence-corrected chi connectivity index (χ4v) is 3.31. The minimum absolute atomic E-state index is 0.146. The number of thiazole rings is 1. The van der Waals surface area contributed by atoms with Crippen LogP contribution in [-0.4, -0.2) is 17.4 Å². The Hall–Kier alpha value is -1.68. The van der Waals surface area contributed by atoms with Gasteiger partial charge in [-0.3, -0.25) is 10.1 Å². The molecule has 0 aliphatic rings. The Labute approximate surface area is 126 Å². The predicted molar refractivity (Wildman–Crippen MR) is 84.4 cm³/mol. The van der Waals surface area contributed by atoms with E-state index in [9.17, 15) is 4.79 Å². The molecule has 2 rings (SSSR count). The first-order valence-corrected chi connectivity index (χ1v) is 7.83. The van der Waals surface area contributed by atoms with E-state index in [0.29, 0.717) is 16.6 Å². The summed E-state index contributed by atoms with van der Waals surface area (Å²) in [5.74, 6) is 5.54. The van der Waals surface area contributed by atoms with Crippen molar-refractivity contribution < 1.29 is 4.79 Å². The van der Waals surface area contributed by atoms with Gasteiger partial charge in [0.25, 0.3) is 5.91 Å². The van der Waals surface area contributed by atoms with Crippen molar-refractivity contribution in [1.29, 1.82) is 0 Å². The van der Waals surface area contributed by atoms with E-state index in [4.69, 9.17) is 5.73 Å². The zero-order valence-corrected chi connectivity index (χ0v) is 13.0. The molecular weight excluding hydrogens is 290 g/mol. The highest BCUT2D eigenvalue weighted by Crippen LogP contribution is 2.24. The van der Waals surface area contributed by atoms with E-state index in [2.05, 4.69) is 29.1 Å². The van der Waals surface area contributed by atoms with Gasteiger partial charge in [0, 0.05) is 4.88 Å². The maximum atomic E-state index is 12.1. The number of anilines is 1. The number of aromatic nitrogens is 1. The largest absolute Gasteiger partial charge is 0.320 e. The molecule has 0 aromatic carbocycles. The lowest BCUT2D eigenvalue weighted by Crippen LogP contribution is -2.09. The molecule has 0 spiro atoms. The van der Waals surface area contributed by atoms with Crippen LogP contribution in [0.5, 0.6) is 0 Å². The second-order valence-corrected chi connectivity index (χ2v) is 6.29. The fraction of sp³-hybridized carbons (Fsp3) is 0.286. The zero-order valence-electron chi connectivity index (χ0n) is 11.3. The number of thiophene rings is 1. The van der Waals surface area contributed by atoms with Gasteiger partial charge < -0.3 is 5.73 Å². The van der Waals surface area contributed by atoms with Gasteiger partial charge in [-0.25, -0.2) is 4.98 Å². The number of nitrogens with two attached hydrogens (primary N) is 1. The normalized spacial score (nSPS) is 9.95. The Kier molecular flexibility index (Phi) is 4.90. The third-order valence-electron chi connectivity index (χ3n) is 2.59. The predicted octanol–water partition coefficient (Wildman–Crippen LogP) is 2.64. The molecule has 0 fully saturated rings. The second-order valence-electron chi connectivity index (χ2n) is 4.00. The summed E-state index contributed by atoms with van der Waals surface area (Å²) in [5, 5.41) is 3.47. The molecule has 2 aromatic heterocycles. The van der Waals surface area contributed by atoms with E-state index in [1.807, 2.05) is 13.0 Å². The van der Waals surface area contributed by atoms with Gasteiger partial charge in [-0.15, -0.1) is 22.7 Å². The Morgan fingerprint density at radius 3 is 2.90 bits per heavy atom. The van der Waals surface area contributed by atoms with Gasteiger partial charge in [0.1, 0.15) is 0 Å². The first-order chi connectivity index (χ1) is 9.63. The molecule has 1 amide bonds. The molecule has 0 aliphatic heterocycles. The first kappa shape index (κ1) is 14.7. The molecule has 2 aromatic rings. The fourth-order valence-electron chi connectivity index (χ4n) is 1.63. The summed E-state index contributed by atoms with van der Waals surface area (Å²) in [6.45, 7) is 4.38. The van der Waals surface area contributed by atoms with Crippen LogP contribution in [0.3, 0.4) is 0 Å². The highest BCUT2D eigenvalue weighted by molar-refractivity contribution is 7.16. The summed E-state index contributed by atoms with van der Waals surface area (Å²) in [7, 11) is 0. The molecule has 2 heterocycles. The quantitative estimate of drug-likeness (QED) is 0.857. The Bertz CT molecular complexity index is 676. The van der Waals surface area contributed by atoms with Crippen LogP contribution in [0.2, 0.25) is 0 Å². The van der Waals surface area contributed by atoms with Crippen molar-refractivity contribution in [2.75, 3.05) is 11.9 Å². The lowest BCUT2D eigenvalue weighted by molar-refractivity contribution is 0.103. The molecule has 0 unspecified atom stereocenters. The van der Waals surface area contributed by atoms with E-state index >= 15 is 0 Å². The summed E-state index contributed by atoms with van der Waals surface area (Å²) < 4.78 is 0. The summed E-state index contributed by atoms with van der Waals surface area (Å²) in [4.78, 5) is 19.1. The lowest BCUT2D eigenvalue weighted by Gasteiger charge is -1.97.